The molecule has 0 aromatic heterocycles. The average Bonchev–Trinajstić information content (AvgIpc) is 2.63. The van der Waals surface area contributed by atoms with Crippen LogP contribution in [0.3, 0.4) is 0 Å². The molecular formula is C18H21N3O4. The van der Waals surface area contributed by atoms with E-state index in [2.05, 4.69) is 15.8 Å². The Labute approximate surface area is 146 Å². The van der Waals surface area contributed by atoms with Gasteiger partial charge in [0.25, 0.3) is 5.91 Å². The monoisotopic (exact) mass is 343 g/mol. The number of amides is 1. The molecule has 0 saturated carbocycles. The van der Waals surface area contributed by atoms with Crippen molar-refractivity contribution in [2.24, 2.45) is 5.10 Å². The first-order valence-electron chi connectivity index (χ1n) is 7.78. The Kier molecular flexibility index (Phi) is 6.65. The molecule has 2 aromatic rings. The molecule has 0 spiro atoms. The third-order valence-corrected chi connectivity index (χ3v) is 3.23. The summed E-state index contributed by atoms with van der Waals surface area (Å²) < 4.78 is 10.5. The molecule has 0 aliphatic rings. The standard InChI is InChI=1S/C18H21N3O4/c1-3-25-17-10-13(8-9-15(17)22)11-20-21-18(23)12-19-14-6-4-5-7-16(14)24-2/h4-11,19,22H,3,12H2,1-2H3,(H,21,23)/b20-11+. The zero-order chi connectivity index (χ0) is 18.1. The van der Waals surface area contributed by atoms with Crippen molar-refractivity contribution in [3.8, 4) is 17.2 Å². The molecule has 1 amide bonds. The molecule has 0 radical (unpaired) electrons. The van der Waals surface area contributed by atoms with E-state index in [4.69, 9.17) is 9.47 Å². The Morgan fingerprint density at radius 2 is 2.04 bits per heavy atom. The minimum atomic E-state index is -0.300. The smallest absolute Gasteiger partial charge is 0.259 e. The van der Waals surface area contributed by atoms with Crippen molar-refractivity contribution < 1.29 is 19.4 Å². The fourth-order valence-corrected chi connectivity index (χ4v) is 2.07. The molecule has 132 valence electrons. The number of hydrazone groups is 1. The quantitative estimate of drug-likeness (QED) is 0.505. The van der Waals surface area contributed by atoms with Gasteiger partial charge in [0.1, 0.15) is 5.75 Å². The normalized spacial score (nSPS) is 10.5. The molecule has 25 heavy (non-hydrogen) atoms. The number of hydrogen-bond acceptors (Lipinski definition) is 6. The summed E-state index contributed by atoms with van der Waals surface area (Å²) in [7, 11) is 1.57. The van der Waals surface area contributed by atoms with Gasteiger partial charge in [-0.25, -0.2) is 5.43 Å². The van der Waals surface area contributed by atoms with Crippen molar-refractivity contribution in [1.82, 2.24) is 5.43 Å². The summed E-state index contributed by atoms with van der Waals surface area (Å²) in [5.74, 6) is 0.789. The van der Waals surface area contributed by atoms with Crippen LogP contribution < -0.4 is 20.2 Å². The van der Waals surface area contributed by atoms with E-state index in [0.29, 0.717) is 23.7 Å². The summed E-state index contributed by atoms with van der Waals surface area (Å²) in [6.07, 6.45) is 1.48. The van der Waals surface area contributed by atoms with Crippen LogP contribution in [0.5, 0.6) is 17.2 Å². The van der Waals surface area contributed by atoms with Gasteiger partial charge in [-0.1, -0.05) is 12.1 Å². The molecule has 7 nitrogen and oxygen atoms in total. The molecule has 0 aliphatic carbocycles. The van der Waals surface area contributed by atoms with Gasteiger partial charge in [0.15, 0.2) is 11.5 Å². The fourth-order valence-electron chi connectivity index (χ4n) is 2.07. The Morgan fingerprint density at radius 3 is 2.80 bits per heavy atom. The SMILES string of the molecule is CCOc1cc(/C=N/NC(=O)CNc2ccccc2OC)ccc1O. The number of nitrogens with zero attached hydrogens (tertiary/aromatic N) is 1. The molecular weight excluding hydrogens is 322 g/mol. The predicted octanol–water partition coefficient (Wildman–Crippen LogP) is 2.36. The fraction of sp³-hybridized carbons (Fsp3) is 0.222. The van der Waals surface area contributed by atoms with Crippen molar-refractivity contribution in [2.75, 3.05) is 25.6 Å². The van der Waals surface area contributed by atoms with E-state index in [0.717, 1.165) is 5.69 Å². The lowest BCUT2D eigenvalue weighted by atomic mass is 10.2. The van der Waals surface area contributed by atoms with E-state index in [1.165, 1.54) is 12.3 Å². The van der Waals surface area contributed by atoms with E-state index in [9.17, 15) is 9.90 Å². The number of para-hydroxylation sites is 2. The minimum absolute atomic E-state index is 0.0531. The van der Waals surface area contributed by atoms with Crippen molar-refractivity contribution in [2.45, 2.75) is 6.92 Å². The summed E-state index contributed by atoms with van der Waals surface area (Å²) in [5, 5.41) is 16.5. The van der Waals surface area contributed by atoms with E-state index in [1.54, 1.807) is 25.3 Å². The van der Waals surface area contributed by atoms with Crippen LogP contribution in [0.15, 0.2) is 47.6 Å². The highest BCUT2D eigenvalue weighted by atomic mass is 16.5. The Balaban J connectivity index is 1.87. The molecule has 7 heteroatoms. The van der Waals surface area contributed by atoms with Crippen LogP contribution in [0.4, 0.5) is 5.69 Å². The summed E-state index contributed by atoms with van der Waals surface area (Å²) in [6.45, 7) is 2.33. The van der Waals surface area contributed by atoms with E-state index < -0.39 is 0 Å². The topological polar surface area (TPSA) is 92.2 Å². The van der Waals surface area contributed by atoms with E-state index in [1.807, 2.05) is 25.1 Å². The maximum Gasteiger partial charge on any atom is 0.259 e. The number of carbonyl (C=O) groups excluding carboxylic acids is 1. The number of benzene rings is 2. The van der Waals surface area contributed by atoms with Gasteiger partial charge >= 0.3 is 0 Å². The number of nitrogens with one attached hydrogen (secondary N) is 2. The second-order valence-electron chi connectivity index (χ2n) is 5.01. The van der Waals surface area contributed by atoms with Gasteiger partial charge < -0.3 is 19.9 Å². The first kappa shape index (κ1) is 18.1. The molecule has 0 fully saturated rings. The summed E-state index contributed by atoms with van der Waals surface area (Å²) in [4.78, 5) is 11.8. The van der Waals surface area contributed by atoms with E-state index in [-0.39, 0.29) is 18.2 Å². The van der Waals surface area contributed by atoms with Crippen LogP contribution in [-0.4, -0.2) is 37.5 Å². The van der Waals surface area contributed by atoms with E-state index >= 15 is 0 Å². The van der Waals surface area contributed by atoms with Gasteiger partial charge in [0.2, 0.25) is 0 Å². The van der Waals surface area contributed by atoms with Crippen LogP contribution in [0.1, 0.15) is 12.5 Å². The zero-order valence-corrected chi connectivity index (χ0v) is 14.2. The third kappa shape index (κ3) is 5.42. The van der Waals surface area contributed by atoms with Crippen molar-refractivity contribution in [3.63, 3.8) is 0 Å². The highest BCUT2D eigenvalue weighted by Gasteiger charge is 2.04. The van der Waals surface area contributed by atoms with Gasteiger partial charge in [-0.2, -0.15) is 5.10 Å². The number of methoxy groups -OCH3 is 1. The molecule has 0 saturated heterocycles. The molecule has 2 rings (SSSR count). The third-order valence-electron chi connectivity index (χ3n) is 3.23. The predicted molar refractivity (Wildman–Crippen MR) is 96.5 cm³/mol. The molecule has 0 atom stereocenters. The van der Waals surface area contributed by atoms with Crippen LogP contribution in [0.25, 0.3) is 0 Å². The number of phenolic OH excluding ortho intramolecular Hbond substituents is 1. The lowest BCUT2D eigenvalue weighted by molar-refractivity contribution is -0.119. The molecule has 3 N–H and O–H groups in total. The lowest BCUT2D eigenvalue weighted by Crippen LogP contribution is -2.26. The van der Waals surface area contributed by atoms with Gasteiger partial charge in [-0.05, 0) is 42.8 Å². The highest BCUT2D eigenvalue weighted by molar-refractivity contribution is 5.85. The highest BCUT2D eigenvalue weighted by Crippen LogP contribution is 2.26. The minimum Gasteiger partial charge on any atom is -0.504 e. The molecule has 0 bridgehead atoms. The van der Waals surface area contributed by atoms with Crippen LogP contribution in [0, 0.1) is 0 Å². The Bertz CT molecular complexity index is 747. The lowest BCUT2D eigenvalue weighted by Gasteiger charge is -2.09. The molecule has 2 aromatic carbocycles. The number of ether oxygens (including phenoxy) is 2. The summed E-state index contributed by atoms with van der Waals surface area (Å²) >= 11 is 0. The zero-order valence-electron chi connectivity index (χ0n) is 14.2. The van der Waals surface area contributed by atoms with Gasteiger partial charge in [0, 0.05) is 0 Å². The number of hydrogen-bond donors (Lipinski definition) is 3. The molecule has 0 aliphatic heterocycles. The first-order chi connectivity index (χ1) is 12.1. The second kappa shape index (κ2) is 9.17. The largest absolute Gasteiger partial charge is 0.504 e. The Morgan fingerprint density at radius 1 is 1.24 bits per heavy atom. The van der Waals surface area contributed by atoms with Gasteiger partial charge in [-0.15, -0.1) is 0 Å². The average molecular weight is 343 g/mol. The number of rotatable bonds is 8. The van der Waals surface area contributed by atoms with Crippen LogP contribution in [0.2, 0.25) is 0 Å². The maximum absolute atomic E-state index is 11.8. The summed E-state index contributed by atoms with van der Waals surface area (Å²) in [6, 6.07) is 12.1. The second-order valence-corrected chi connectivity index (χ2v) is 5.01. The van der Waals surface area contributed by atoms with Gasteiger partial charge in [-0.3, -0.25) is 4.79 Å². The maximum atomic E-state index is 11.8. The number of carbonyl (C=O) groups is 1. The summed E-state index contributed by atoms with van der Waals surface area (Å²) in [5.41, 5.74) is 3.85. The van der Waals surface area contributed by atoms with Crippen LogP contribution in [-0.2, 0) is 4.79 Å². The number of anilines is 1. The van der Waals surface area contributed by atoms with Gasteiger partial charge in [0.05, 0.1) is 32.2 Å². The van der Waals surface area contributed by atoms with Crippen LogP contribution >= 0.6 is 0 Å². The number of phenols is 1. The Hall–Kier alpha value is -3.22. The van der Waals surface area contributed by atoms with Crippen molar-refractivity contribution in [3.05, 3.63) is 48.0 Å². The molecule has 0 unspecified atom stereocenters. The molecule has 0 heterocycles. The van der Waals surface area contributed by atoms with Crippen molar-refractivity contribution >= 4 is 17.8 Å². The first-order valence-corrected chi connectivity index (χ1v) is 7.78. The van der Waals surface area contributed by atoms with Crippen molar-refractivity contribution in [1.29, 1.82) is 0 Å². The number of aromatic hydroxyl groups is 1.